The van der Waals surface area contributed by atoms with Crippen LogP contribution in [-0.4, -0.2) is 34.5 Å². The van der Waals surface area contributed by atoms with Gasteiger partial charge in [-0.1, -0.05) is 5.21 Å². The number of aromatic nitrogens is 3. The van der Waals surface area contributed by atoms with Crippen molar-refractivity contribution >= 4 is 5.78 Å². The topological polar surface area (TPSA) is 83.0 Å². The summed E-state index contributed by atoms with van der Waals surface area (Å²) in [6, 6.07) is 0. The van der Waals surface area contributed by atoms with Crippen LogP contribution in [0.15, 0.2) is 6.20 Å². The van der Waals surface area contributed by atoms with Crippen molar-refractivity contribution in [1.82, 2.24) is 15.0 Å². The van der Waals surface area contributed by atoms with Gasteiger partial charge in [-0.25, -0.2) is 4.68 Å². The fraction of sp³-hybridized carbons (Fsp3) is 0.571. The summed E-state index contributed by atoms with van der Waals surface area (Å²) in [7, 11) is 1.48. The molecule has 6 nitrogen and oxygen atoms in total. The second-order valence-electron chi connectivity index (χ2n) is 2.58. The molecule has 0 amide bonds. The van der Waals surface area contributed by atoms with Gasteiger partial charge >= 0.3 is 0 Å². The predicted octanol–water partition coefficient (Wildman–Crippen LogP) is -1.05. The fourth-order valence-electron chi connectivity index (χ4n) is 0.897. The average molecular weight is 184 g/mol. The molecule has 0 saturated heterocycles. The molecule has 0 aliphatic carbocycles. The highest BCUT2D eigenvalue weighted by Crippen LogP contribution is 1.91. The van der Waals surface area contributed by atoms with Crippen LogP contribution >= 0.6 is 0 Å². The molecule has 6 heteroatoms. The Morgan fingerprint density at radius 3 is 3.08 bits per heavy atom. The molecule has 0 unspecified atom stereocenters. The lowest BCUT2D eigenvalue weighted by Gasteiger charge is -1.97. The molecule has 0 aliphatic heterocycles. The normalized spacial score (nSPS) is 10.3. The van der Waals surface area contributed by atoms with E-state index in [-0.39, 0.29) is 18.9 Å². The first-order valence-electron chi connectivity index (χ1n) is 3.86. The Labute approximate surface area is 75.7 Å². The largest absolute Gasteiger partial charge is 0.377 e. The summed E-state index contributed by atoms with van der Waals surface area (Å²) in [6.07, 6.45) is 1.65. The van der Waals surface area contributed by atoms with E-state index in [0.29, 0.717) is 12.2 Å². The van der Waals surface area contributed by atoms with E-state index in [0.717, 1.165) is 0 Å². The van der Waals surface area contributed by atoms with Gasteiger partial charge in [-0.05, 0) is 0 Å². The van der Waals surface area contributed by atoms with E-state index in [1.165, 1.54) is 11.8 Å². The SMILES string of the molecule is COCC(=O)Cn1cc(CN)nn1. The molecule has 0 saturated carbocycles. The summed E-state index contributed by atoms with van der Waals surface area (Å²) in [5, 5.41) is 7.46. The summed E-state index contributed by atoms with van der Waals surface area (Å²) < 4.78 is 6.12. The molecule has 0 spiro atoms. The molecule has 1 aromatic heterocycles. The minimum absolute atomic E-state index is 0.0454. The van der Waals surface area contributed by atoms with Crippen molar-refractivity contribution in [3.05, 3.63) is 11.9 Å². The Morgan fingerprint density at radius 1 is 1.77 bits per heavy atom. The number of carbonyl (C=O) groups is 1. The Morgan fingerprint density at radius 2 is 2.54 bits per heavy atom. The maximum Gasteiger partial charge on any atom is 0.179 e. The lowest BCUT2D eigenvalue weighted by Crippen LogP contribution is -2.15. The molecular formula is C7H12N4O2. The van der Waals surface area contributed by atoms with Crippen LogP contribution in [0.4, 0.5) is 0 Å². The van der Waals surface area contributed by atoms with Gasteiger partial charge in [0.15, 0.2) is 5.78 Å². The fourth-order valence-corrected chi connectivity index (χ4v) is 0.897. The number of ketones is 1. The number of nitrogens with zero attached hydrogens (tertiary/aromatic N) is 3. The van der Waals surface area contributed by atoms with Gasteiger partial charge in [-0.3, -0.25) is 4.79 Å². The summed E-state index contributed by atoms with van der Waals surface area (Å²) in [5.74, 6) is -0.0454. The first kappa shape index (κ1) is 9.82. The Kier molecular flexibility index (Phi) is 3.53. The number of ether oxygens (including phenoxy) is 1. The van der Waals surface area contributed by atoms with Gasteiger partial charge in [0.25, 0.3) is 0 Å². The molecule has 1 rings (SSSR count). The Bertz CT molecular complexity index is 284. The summed E-state index contributed by atoms with van der Waals surface area (Å²) in [4.78, 5) is 11.1. The zero-order chi connectivity index (χ0) is 9.68. The lowest BCUT2D eigenvalue weighted by atomic mass is 10.4. The number of nitrogens with two attached hydrogens (primary N) is 1. The van der Waals surface area contributed by atoms with E-state index < -0.39 is 0 Å². The van der Waals surface area contributed by atoms with Crippen LogP contribution in [-0.2, 0) is 22.6 Å². The second-order valence-corrected chi connectivity index (χ2v) is 2.58. The lowest BCUT2D eigenvalue weighted by molar-refractivity contribution is -0.123. The maximum atomic E-state index is 11.1. The third-order valence-corrected chi connectivity index (χ3v) is 1.44. The molecular weight excluding hydrogens is 172 g/mol. The zero-order valence-electron chi connectivity index (χ0n) is 7.43. The highest BCUT2D eigenvalue weighted by Gasteiger charge is 2.04. The summed E-state index contributed by atoms with van der Waals surface area (Å²) >= 11 is 0. The Hall–Kier alpha value is -1.27. The number of methoxy groups -OCH3 is 1. The standard InChI is InChI=1S/C7H12N4O2/c1-13-5-7(12)4-11-3-6(2-8)9-10-11/h3H,2,4-5,8H2,1H3. The molecule has 1 aromatic rings. The van der Waals surface area contributed by atoms with Gasteiger partial charge in [0, 0.05) is 13.7 Å². The van der Waals surface area contributed by atoms with Crippen molar-refractivity contribution < 1.29 is 9.53 Å². The van der Waals surface area contributed by atoms with Crippen LogP contribution in [0, 0.1) is 0 Å². The van der Waals surface area contributed by atoms with Gasteiger partial charge in [0.2, 0.25) is 0 Å². The van der Waals surface area contributed by atoms with Crippen molar-refractivity contribution in [3.8, 4) is 0 Å². The van der Waals surface area contributed by atoms with Crippen molar-refractivity contribution in [2.75, 3.05) is 13.7 Å². The highest BCUT2D eigenvalue weighted by molar-refractivity contribution is 5.79. The predicted molar refractivity (Wildman–Crippen MR) is 44.8 cm³/mol. The number of hydrogen-bond donors (Lipinski definition) is 1. The van der Waals surface area contributed by atoms with E-state index >= 15 is 0 Å². The second kappa shape index (κ2) is 4.68. The minimum Gasteiger partial charge on any atom is -0.377 e. The zero-order valence-corrected chi connectivity index (χ0v) is 7.43. The molecule has 0 radical (unpaired) electrons. The molecule has 13 heavy (non-hydrogen) atoms. The van der Waals surface area contributed by atoms with E-state index in [4.69, 9.17) is 5.73 Å². The molecule has 2 N–H and O–H groups in total. The Balaban J connectivity index is 2.49. The smallest absolute Gasteiger partial charge is 0.179 e. The first-order chi connectivity index (χ1) is 6.26. The average Bonchev–Trinajstić information content (AvgIpc) is 2.52. The summed E-state index contributed by atoms with van der Waals surface area (Å²) in [6.45, 7) is 0.608. The van der Waals surface area contributed by atoms with Crippen LogP contribution in [0.5, 0.6) is 0 Å². The number of hydrogen-bond acceptors (Lipinski definition) is 5. The van der Waals surface area contributed by atoms with E-state index in [2.05, 4.69) is 15.0 Å². The van der Waals surface area contributed by atoms with E-state index in [1.807, 2.05) is 0 Å². The third-order valence-electron chi connectivity index (χ3n) is 1.44. The first-order valence-corrected chi connectivity index (χ1v) is 3.86. The quantitative estimate of drug-likeness (QED) is 0.631. The minimum atomic E-state index is -0.0454. The molecule has 0 aromatic carbocycles. The number of Topliss-reactive ketones (excluding diaryl/α,β-unsaturated/α-hetero) is 1. The van der Waals surface area contributed by atoms with Crippen LogP contribution < -0.4 is 5.73 Å². The van der Waals surface area contributed by atoms with E-state index in [1.54, 1.807) is 6.20 Å². The van der Waals surface area contributed by atoms with Crippen molar-refractivity contribution in [2.45, 2.75) is 13.1 Å². The van der Waals surface area contributed by atoms with Crippen molar-refractivity contribution in [1.29, 1.82) is 0 Å². The molecule has 72 valence electrons. The third kappa shape index (κ3) is 2.92. The number of carbonyl (C=O) groups excluding carboxylic acids is 1. The molecule has 0 fully saturated rings. The molecule has 0 aliphatic rings. The van der Waals surface area contributed by atoms with Gasteiger partial charge in [-0.2, -0.15) is 0 Å². The maximum absolute atomic E-state index is 11.1. The van der Waals surface area contributed by atoms with Gasteiger partial charge in [0.05, 0.1) is 11.9 Å². The van der Waals surface area contributed by atoms with Crippen LogP contribution in [0.3, 0.4) is 0 Å². The van der Waals surface area contributed by atoms with Crippen LogP contribution in [0.25, 0.3) is 0 Å². The molecule has 0 bridgehead atoms. The van der Waals surface area contributed by atoms with Crippen LogP contribution in [0.2, 0.25) is 0 Å². The van der Waals surface area contributed by atoms with E-state index in [9.17, 15) is 4.79 Å². The van der Waals surface area contributed by atoms with Gasteiger partial charge in [-0.15, -0.1) is 5.10 Å². The van der Waals surface area contributed by atoms with Crippen molar-refractivity contribution in [2.24, 2.45) is 5.73 Å². The van der Waals surface area contributed by atoms with Gasteiger partial charge in [0.1, 0.15) is 13.2 Å². The van der Waals surface area contributed by atoms with Gasteiger partial charge < -0.3 is 10.5 Å². The molecule has 1 heterocycles. The summed E-state index contributed by atoms with van der Waals surface area (Å²) in [5.41, 5.74) is 6.00. The molecule has 0 atom stereocenters. The number of rotatable bonds is 5. The highest BCUT2D eigenvalue weighted by atomic mass is 16.5. The van der Waals surface area contributed by atoms with Crippen molar-refractivity contribution in [3.63, 3.8) is 0 Å². The van der Waals surface area contributed by atoms with Crippen LogP contribution in [0.1, 0.15) is 5.69 Å². The monoisotopic (exact) mass is 184 g/mol.